The lowest BCUT2D eigenvalue weighted by molar-refractivity contribution is 0.166. The molecule has 1 aliphatic carbocycles. The van der Waals surface area contributed by atoms with E-state index in [1.807, 2.05) is 16.8 Å². The predicted octanol–water partition coefficient (Wildman–Crippen LogP) is 4.20. The zero-order valence-electron chi connectivity index (χ0n) is 11.1. The van der Waals surface area contributed by atoms with E-state index in [0.717, 1.165) is 41.3 Å². The lowest BCUT2D eigenvalue weighted by atomic mass is 10.1. The maximum atomic E-state index is 13.4. The van der Waals surface area contributed by atoms with Gasteiger partial charge < -0.3 is 9.67 Å². The second-order valence-electron chi connectivity index (χ2n) is 5.45. The first-order valence-electron chi connectivity index (χ1n) is 6.93. The van der Waals surface area contributed by atoms with Gasteiger partial charge in [0, 0.05) is 29.0 Å². The normalized spacial score (nSPS) is 18.6. The number of hydrogen-bond acceptors (Lipinski definition) is 1. The lowest BCUT2D eigenvalue weighted by Gasteiger charge is -2.07. The van der Waals surface area contributed by atoms with E-state index in [1.165, 1.54) is 11.6 Å². The summed E-state index contributed by atoms with van der Waals surface area (Å²) >= 11 is 3.31. The van der Waals surface area contributed by atoms with Crippen molar-refractivity contribution in [3.63, 3.8) is 0 Å². The summed E-state index contributed by atoms with van der Waals surface area (Å²) in [5.41, 5.74) is 3.18. The first kappa shape index (κ1) is 13.8. The van der Waals surface area contributed by atoms with Gasteiger partial charge in [0.1, 0.15) is 5.82 Å². The number of aromatic nitrogens is 1. The molecule has 0 spiro atoms. The Hall–Kier alpha value is -1.13. The molecule has 1 aromatic heterocycles. The first-order valence-corrected chi connectivity index (χ1v) is 7.73. The Kier molecular flexibility index (Phi) is 3.94. The van der Waals surface area contributed by atoms with Crippen LogP contribution in [0.4, 0.5) is 4.39 Å². The van der Waals surface area contributed by atoms with Crippen molar-refractivity contribution in [1.82, 2.24) is 4.57 Å². The Morgan fingerprint density at radius 1 is 1.25 bits per heavy atom. The van der Waals surface area contributed by atoms with Crippen LogP contribution in [0.15, 0.2) is 35.1 Å². The van der Waals surface area contributed by atoms with Crippen molar-refractivity contribution in [3.05, 3.63) is 57.6 Å². The predicted molar refractivity (Wildman–Crippen MR) is 80.1 cm³/mol. The van der Waals surface area contributed by atoms with Gasteiger partial charge in [-0.05, 0) is 48.6 Å². The Morgan fingerprint density at radius 3 is 2.90 bits per heavy atom. The van der Waals surface area contributed by atoms with E-state index >= 15 is 0 Å². The number of nitrogens with zero attached hydrogens (tertiary/aromatic N) is 1. The van der Waals surface area contributed by atoms with Crippen LogP contribution in [0, 0.1) is 5.82 Å². The van der Waals surface area contributed by atoms with Gasteiger partial charge >= 0.3 is 0 Å². The molecule has 1 aromatic carbocycles. The van der Waals surface area contributed by atoms with Gasteiger partial charge in [-0.25, -0.2) is 4.39 Å². The molecule has 0 radical (unpaired) electrons. The van der Waals surface area contributed by atoms with E-state index in [1.54, 1.807) is 6.07 Å². The molecule has 2 aromatic rings. The lowest BCUT2D eigenvalue weighted by Crippen LogP contribution is -1.99. The molecule has 1 atom stereocenters. The topological polar surface area (TPSA) is 25.2 Å². The number of aliphatic hydroxyl groups is 1. The van der Waals surface area contributed by atoms with Crippen molar-refractivity contribution in [2.75, 3.05) is 0 Å². The maximum absolute atomic E-state index is 13.4. The van der Waals surface area contributed by atoms with Crippen LogP contribution in [0.1, 0.15) is 42.1 Å². The molecule has 1 N–H and O–H groups in total. The second-order valence-corrected chi connectivity index (χ2v) is 6.37. The standard InChI is InChI=1S/C16H17BrFNO/c17-13-5-11(6-14(18)7-13)8-19-9-12-3-1-2-4-16(20)15(12)10-19/h5-7,9-10,16,20H,1-4,8H2. The maximum Gasteiger partial charge on any atom is 0.124 e. The quantitative estimate of drug-likeness (QED) is 0.816. The van der Waals surface area contributed by atoms with Crippen molar-refractivity contribution < 1.29 is 9.50 Å². The average molecular weight is 338 g/mol. The Morgan fingerprint density at radius 2 is 2.10 bits per heavy atom. The molecule has 0 saturated heterocycles. The summed E-state index contributed by atoms with van der Waals surface area (Å²) in [5.74, 6) is -0.233. The molecule has 2 nitrogen and oxygen atoms in total. The highest BCUT2D eigenvalue weighted by Gasteiger charge is 2.18. The molecule has 0 bridgehead atoms. The smallest absolute Gasteiger partial charge is 0.124 e. The third-order valence-electron chi connectivity index (χ3n) is 3.82. The molecule has 1 heterocycles. The Bertz CT molecular complexity index is 603. The molecule has 1 unspecified atom stereocenters. The van der Waals surface area contributed by atoms with Gasteiger partial charge in [0.25, 0.3) is 0 Å². The van der Waals surface area contributed by atoms with Gasteiger partial charge in [-0.15, -0.1) is 0 Å². The van der Waals surface area contributed by atoms with Gasteiger partial charge in [0.15, 0.2) is 0 Å². The first-order chi connectivity index (χ1) is 9.61. The highest BCUT2D eigenvalue weighted by Crippen LogP contribution is 2.29. The molecule has 1 aliphatic rings. The van der Waals surface area contributed by atoms with E-state index in [4.69, 9.17) is 0 Å². The molecular formula is C16H17BrFNO. The Balaban J connectivity index is 1.86. The van der Waals surface area contributed by atoms with Gasteiger partial charge in [-0.3, -0.25) is 0 Å². The second kappa shape index (κ2) is 5.70. The van der Waals surface area contributed by atoms with Crippen LogP contribution in [0.25, 0.3) is 0 Å². The molecule has 106 valence electrons. The third kappa shape index (κ3) is 2.96. The molecular weight excluding hydrogens is 321 g/mol. The van der Waals surface area contributed by atoms with Crippen LogP contribution in [0.5, 0.6) is 0 Å². The van der Waals surface area contributed by atoms with Crippen molar-refractivity contribution in [3.8, 4) is 0 Å². The fourth-order valence-corrected chi connectivity index (χ4v) is 3.41. The number of hydrogen-bond donors (Lipinski definition) is 1. The van der Waals surface area contributed by atoms with Crippen LogP contribution in [0.2, 0.25) is 0 Å². The molecule has 0 aliphatic heterocycles. The molecule has 0 amide bonds. The average Bonchev–Trinajstić information content (AvgIpc) is 2.68. The Labute approximate surface area is 126 Å². The monoisotopic (exact) mass is 337 g/mol. The number of aliphatic hydroxyl groups excluding tert-OH is 1. The van der Waals surface area contributed by atoms with E-state index in [-0.39, 0.29) is 11.9 Å². The summed E-state index contributed by atoms with van der Waals surface area (Å²) in [4.78, 5) is 0. The summed E-state index contributed by atoms with van der Waals surface area (Å²) in [6.45, 7) is 0.621. The van der Waals surface area contributed by atoms with Gasteiger partial charge in [0.2, 0.25) is 0 Å². The van der Waals surface area contributed by atoms with E-state index in [2.05, 4.69) is 22.1 Å². The van der Waals surface area contributed by atoms with Crippen molar-refractivity contribution >= 4 is 15.9 Å². The minimum Gasteiger partial charge on any atom is -0.388 e. The minimum atomic E-state index is -0.354. The third-order valence-corrected chi connectivity index (χ3v) is 4.28. The van der Waals surface area contributed by atoms with Crippen LogP contribution < -0.4 is 0 Å². The largest absolute Gasteiger partial charge is 0.388 e. The van der Waals surface area contributed by atoms with Crippen LogP contribution in [-0.2, 0) is 13.0 Å². The fourth-order valence-electron chi connectivity index (χ4n) is 2.90. The van der Waals surface area contributed by atoms with E-state index in [0.29, 0.717) is 6.54 Å². The number of aryl methyl sites for hydroxylation is 1. The van der Waals surface area contributed by atoms with Gasteiger partial charge in [-0.1, -0.05) is 22.4 Å². The summed E-state index contributed by atoms with van der Waals surface area (Å²) in [5, 5.41) is 10.1. The highest BCUT2D eigenvalue weighted by atomic mass is 79.9. The van der Waals surface area contributed by atoms with Crippen molar-refractivity contribution in [2.45, 2.75) is 38.3 Å². The summed E-state index contributed by atoms with van der Waals surface area (Å²) in [6.07, 6.45) is 7.79. The fraction of sp³-hybridized carbons (Fsp3) is 0.375. The van der Waals surface area contributed by atoms with Gasteiger partial charge in [-0.2, -0.15) is 0 Å². The zero-order valence-corrected chi connectivity index (χ0v) is 12.7. The minimum absolute atomic E-state index is 0.233. The van der Waals surface area contributed by atoms with Crippen LogP contribution >= 0.6 is 15.9 Å². The molecule has 0 fully saturated rings. The van der Waals surface area contributed by atoms with E-state index in [9.17, 15) is 9.50 Å². The number of halogens is 2. The van der Waals surface area contributed by atoms with Crippen LogP contribution in [-0.4, -0.2) is 9.67 Å². The number of rotatable bonds is 2. The summed E-state index contributed by atoms with van der Waals surface area (Å²) in [6, 6.07) is 4.93. The SMILES string of the molecule is OC1CCCCc2cn(Cc3cc(F)cc(Br)c3)cc21. The molecule has 4 heteroatoms. The molecule has 3 rings (SSSR count). The number of benzene rings is 1. The van der Waals surface area contributed by atoms with Crippen molar-refractivity contribution in [2.24, 2.45) is 0 Å². The molecule has 0 saturated carbocycles. The van der Waals surface area contributed by atoms with Gasteiger partial charge in [0.05, 0.1) is 6.10 Å². The van der Waals surface area contributed by atoms with Crippen LogP contribution in [0.3, 0.4) is 0 Å². The zero-order chi connectivity index (χ0) is 14.1. The summed E-state index contributed by atoms with van der Waals surface area (Å²) < 4.78 is 16.2. The summed E-state index contributed by atoms with van der Waals surface area (Å²) in [7, 11) is 0. The highest BCUT2D eigenvalue weighted by molar-refractivity contribution is 9.10. The molecule has 20 heavy (non-hydrogen) atoms. The number of fused-ring (bicyclic) bond motifs is 1. The van der Waals surface area contributed by atoms with E-state index < -0.39 is 0 Å². The van der Waals surface area contributed by atoms with Crippen molar-refractivity contribution in [1.29, 1.82) is 0 Å².